The van der Waals surface area contributed by atoms with Gasteiger partial charge in [-0.05, 0) is 37.5 Å². The van der Waals surface area contributed by atoms with Crippen LogP contribution >= 0.6 is 0 Å². The average molecular weight is 278 g/mol. The monoisotopic (exact) mass is 278 g/mol. The average Bonchev–Trinajstić information content (AvgIpc) is 2.38. The summed E-state index contributed by atoms with van der Waals surface area (Å²) in [4.78, 5) is 22.4. The van der Waals surface area contributed by atoms with Gasteiger partial charge in [0.2, 0.25) is 0 Å². The summed E-state index contributed by atoms with van der Waals surface area (Å²) in [6.45, 7) is 7.80. The van der Waals surface area contributed by atoms with Gasteiger partial charge in [0.25, 0.3) is 5.91 Å². The first-order valence-electron chi connectivity index (χ1n) is 6.69. The van der Waals surface area contributed by atoms with Crippen molar-refractivity contribution in [3.05, 3.63) is 29.3 Å². The summed E-state index contributed by atoms with van der Waals surface area (Å²) in [6.07, 6.45) is 0. The quantitative estimate of drug-likeness (QED) is 0.746. The fourth-order valence-corrected chi connectivity index (χ4v) is 1.70. The molecule has 0 saturated heterocycles. The number of nitrogens with one attached hydrogen (secondary N) is 2. The normalized spacial score (nSPS) is 12.1. The number of aliphatic carboxylic acids is 1. The van der Waals surface area contributed by atoms with Gasteiger partial charge in [-0.15, -0.1) is 0 Å². The van der Waals surface area contributed by atoms with E-state index in [-0.39, 0.29) is 18.5 Å². The Balaban J connectivity index is 2.89. The first kappa shape index (κ1) is 16.0. The number of carboxylic acids is 1. The van der Waals surface area contributed by atoms with E-state index < -0.39 is 5.97 Å². The number of carbonyl (C=O) groups is 2. The van der Waals surface area contributed by atoms with E-state index in [1.54, 1.807) is 12.1 Å². The number of carbonyl (C=O) groups excluding carboxylic acids is 1. The summed E-state index contributed by atoms with van der Waals surface area (Å²) in [7, 11) is 0. The molecule has 0 radical (unpaired) electrons. The molecule has 0 fully saturated rings. The summed E-state index contributed by atoms with van der Waals surface area (Å²) in [5.41, 5.74) is 2.21. The molecule has 0 bridgehead atoms. The molecule has 0 spiro atoms. The van der Waals surface area contributed by atoms with Crippen LogP contribution in [0.2, 0.25) is 0 Å². The van der Waals surface area contributed by atoms with Gasteiger partial charge in [-0.2, -0.15) is 0 Å². The van der Waals surface area contributed by atoms with Crippen molar-refractivity contribution in [1.29, 1.82) is 0 Å². The van der Waals surface area contributed by atoms with Gasteiger partial charge in [-0.1, -0.05) is 19.9 Å². The number of hydrogen-bond acceptors (Lipinski definition) is 3. The minimum atomic E-state index is -1.06. The van der Waals surface area contributed by atoms with Crippen molar-refractivity contribution in [2.75, 3.05) is 11.9 Å². The van der Waals surface area contributed by atoms with Crippen LogP contribution in [0.4, 0.5) is 5.69 Å². The summed E-state index contributed by atoms with van der Waals surface area (Å²) in [6, 6.07) is 5.68. The highest BCUT2D eigenvalue weighted by Gasteiger charge is 2.14. The van der Waals surface area contributed by atoms with Crippen LogP contribution in [0.3, 0.4) is 0 Å². The molecule has 0 aromatic heterocycles. The molecule has 0 saturated carbocycles. The van der Waals surface area contributed by atoms with Crippen LogP contribution in [-0.4, -0.2) is 29.6 Å². The van der Waals surface area contributed by atoms with Crippen LogP contribution in [0.5, 0.6) is 0 Å². The molecule has 20 heavy (non-hydrogen) atoms. The fraction of sp³-hybridized carbons (Fsp3) is 0.467. The number of amides is 1. The second kappa shape index (κ2) is 6.93. The molecule has 3 N–H and O–H groups in total. The zero-order valence-corrected chi connectivity index (χ0v) is 12.4. The first-order valence-corrected chi connectivity index (χ1v) is 6.69. The zero-order chi connectivity index (χ0) is 15.3. The lowest BCUT2D eigenvalue weighted by Crippen LogP contribution is -2.30. The largest absolute Gasteiger partial charge is 0.480 e. The maximum atomic E-state index is 11.9. The smallest absolute Gasteiger partial charge is 0.322 e. The van der Waals surface area contributed by atoms with Crippen molar-refractivity contribution in [3.63, 3.8) is 0 Å². The molecule has 0 aliphatic carbocycles. The van der Waals surface area contributed by atoms with E-state index in [1.165, 1.54) is 0 Å². The fourth-order valence-electron chi connectivity index (χ4n) is 1.70. The molecule has 0 aliphatic heterocycles. The second-order valence-electron chi connectivity index (χ2n) is 5.23. The summed E-state index contributed by atoms with van der Waals surface area (Å²) in [5.74, 6) is -0.955. The Morgan fingerprint density at radius 3 is 2.45 bits per heavy atom. The zero-order valence-electron chi connectivity index (χ0n) is 12.4. The summed E-state index contributed by atoms with van der Waals surface area (Å²) < 4.78 is 0. The predicted octanol–water partition coefficient (Wildman–Crippen LogP) is 2.27. The predicted molar refractivity (Wildman–Crippen MR) is 79.1 cm³/mol. The number of hydrogen-bond donors (Lipinski definition) is 3. The maximum absolute atomic E-state index is 11.9. The highest BCUT2D eigenvalue weighted by Crippen LogP contribution is 2.21. The van der Waals surface area contributed by atoms with Crippen molar-refractivity contribution in [1.82, 2.24) is 5.32 Å². The van der Waals surface area contributed by atoms with Crippen LogP contribution in [0.25, 0.3) is 0 Å². The minimum Gasteiger partial charge on any atom is -0.480 e. The third-order valence-electron chi connectivity index (χ3n) is 3.36. The molecule has 1 atom stereocenters. The van der Waals surface area contributed by atoms with Crippen LogP contribution < -0.4 is 10.6 Å². The van der Waals surface area contributed by atoms with Crippen molar-refractivity contribution in [2.45, 2.75) is 33.7 Å². The lowest BCUT2D eigenvalue weighted by Gasteiger charge is -2.21. The van der Waals surface area contributed by atoms with Crippen molar-refractivity contribution < 1.29 is 14.7 Å². The topological polar surface area (TPSA) is 78.4 Å². The van der Waals surface area contributed by atoms with Crippen molar-refractivity contribution in [2.24, 2.45) is 5.92 Å². The Morgan fingerprint density at radius 1 is 1.25 bits per heavy atom. The first-order chi connectivity index (χ1) is 9.32. The Bertz CT molecular complexity index is 498. The lowest BCUT2D eigenvalue weighted by molar-refractivity contribution is -0.135. The molecule has 1 aromatic carbocycles. The van der Waals surface area contributed by atoms with Gasteiger partial charge in [0.05, 0.1) is 0 Å². The maximum Gasteiger partial charge on any atom is 0.322 e. The van der Waals surface area contributed by atoms with E-state index in [0.717, 1.165) is 11.3 Å². The molecule has 1 unspecified atom stereocenters. The number of carboxylic acid groups (broad SMARTS) is 1. The lowest BCUT2D eigenvalue weighted by atomic mass is 10.0. The molecule has 1 aromatic rings. The standard InChI is InChI=1S/C15H22N2O3/c1-9(2)11(4)17-13-7-5-6-12(10(13)3)15(20)16-8-14(18)19/h5-7,9,11,17H,8H2,1-4H3,(H,16,20)(H,18,19). The van der Waals surface area contributed by atoms with Gasteiger partial charge in [-0.25, -0.2) is 0 Å². The molecular weight excluding hydrogens is 256 g/mol. The van der Waals surface area contributed by atoms with Crippen LogP contribution in [0.1, 0.15) is 36.7 Å². The SMILES string of the molecule is Cc1c(NC(C)C(C)C)cccc1C(=O)NCC(=O)O. The molecule has 110 valence electrons. The van der Waals surface area contributed by atoms with Crippen LogP contribution in [-0.2, 0) is 4.79 Å². The van der Waals surface area contributed by atoms with E-state index in [2.05, 4.69) is 31.4 Å². The Labute approximate surface area is 119 Å². The molecule has 1 rings (SSSR count). The van der Waals surface area contributed by atoms with Gasteiger partial charge >= 0.3 is 5.97 Å². The van der Waals surface area contributed by atoms with Crippen molar-refractivity contribution in [3.8, 4) is 0 Å². The molecule has 0 heterocycles. The number of anilines is 1. The minimum absolute atomic E-state index is 0.283. The third-order valence-corrected chi connectivity index (χ3v) is 3.36. The van der Waals surface area contributed by atoms with E-state index in [1.807, 2.05) is 13.0 Å². The summed E-state index contributed by atoms with van der Waals surface area (Å²) in [5, 5.41) is 14.3. The highest BCUT2D eigenvalue weighted by molar-refractivity contribution is 5.98. The van der Waals surface area contributed by atoms with Gasteiger partial charge in [-0.3, -0.25) is 9.59 Å². The third kappa shape index (κ3) is 4.26. The van der Waals surface area contributed by atoms with E-state index >= 15 is 0 Å². The Hall–Kier alpha value is -2.04. The van der Waals surface area contributed by atoms with Crippen LogP contribution in [0, 0.1) is 12.8 Å². The van der Waals surface area contributed by atoms with Gasteiger partial charge in [0, 0.05) is 17.3 Å². The molecule has 5 nitrogen and oxygen atoms in total. The van der Waals surface area contributed by atoms with E-state index in [0.29, 0.717) is 11.5 Å². The Kier molecular flexibility index (Phi) is 5.55. The highest BCUT2D eigenvalue weighted by atomic mass is 16.4. The van der Waals surface area contributed by atoms with Gasteiger partial charge in [0.1, 0.15) is 6.54 Å². The van der Waals surface area contributed by atoms with Gasteiger partial charge < -0.3 is 15.7 Å². The van der Waals surface area contributed by atoms with Crippen LogP contribution in [0.15, 0.2) is 18.2 Å². The molecular formula is C15H22N2O3. The molecule has 5 heteroatoms. The van der Waals surface area contributed by atoms with E-state index in [9.17, 15) is 9.59 Å². The van der Waals surface area contributed by atoms with Gasteiger partial charge in [0.15, 0.2) is 0 Å². The summed E-state index contributed by atoms with van der Waals surface area (Å²) >= 11 is 0. The number of benzene rings is 1. The van der Waals surface area contributed by atoms with Crippen molar-refractivity contribution >= 4 is 17.6 Å². The molecule has 1 amide bonds. The van der Waals surface area contributed by atoms with E-state index in [4.69, 9.17) is 5.11 Å². The molecule has 0 aliphatic rings. The second-order valence-corrected chi connectivity index (χ2v) is 5.23. The number of rotatable bonds is 6. The Morgan fingerprint density at radius 2 is 1.90 bits per heavy atom.